The van der Waals surface area contributed by atoms with Crippen LogP contribution in [0.5, 0.6) is 0 Å². The maximum Gasteiger partial charge on any atom is 0.124 e. The van der Waals surface area contributed by atoms with E-state index in [1.165, 1.54) is 25.7 Å². The molecule has 0 aromatic carbocycles. The molecule has 0 aromatic rings. The minimum absolute atomic E-state index is 0.0619. The van der Waals surface area contributed by atoms with Crippen molar-refractivity contribution in [2.24, 2.45) is 35.5 Å². The standard InChI is InChI=1S/C13H18O2/c14-6-12-10-5-11(13(12)7-15)9-4-2-1-3-8(9)10/h6-13H,1-5H2. The molecule has 0 amide bonds. The van der Waals surface area contributed by atoms with Gasteiger partial charge in [-0.25, -0.2) is 0 Å². The molecule has 15 heavy (non-hydrogen) atoms. The molecule has 2 nitrogen and oxygen atoms in total. The number of rotatable bonds is 2. The van der Waals surface area contributed by atoms with Crippen LogP contribution in [0.15, 0.2) is 0 Å². The molecule has 0 saturated heterocycles. The molecule has 0 spiro atoms. The van der Waals surface area contributed by atoms with E-state index < -0.39 is 0 Å². The van der Waals surface area contributed by atoms with E-state index >= 15 is 0 Å². The summed E-state index contributed by atoms with van der Waals surface area (Å²) in [4.78, 5) is 22.2. The quantitative estimate of drug-likeness (QED) is 0.648. The number of carbonyl (C=O) groups is 2. The third-order valence-electron chi connectivity index (χ3n) is 5.27. The second-order valence-electron chi connectivity index (χ2n) is 5.60. The normalized spacial score (nSPS) is 52.5. The molecule has 3 fully saturated rings. The van der Waals surface area contributed by atoms with Gasteiger partial charge >= 0.3 is 0 Å². The smallest absolute Gasteiger partial charge is 0.124 e. The minimum atomic E-state index is 0.0619. The number of hydrogen-bond acceptors (Lipinski definition) is 2. The first-order valence-electron chi connectivity index (χ1n) is 6.27. The highest BCUT2D eigenvalue weighted by molar-refractivity contribution is 5.67. The summed E-state index contributed by atoms with van der Waals surface area (Å²) in [7, 11) is 0. The largest absolute Gasteiger partial charge is 0.303 e. The SMILES string of the molecule is O=CC1C(C=O)C2CC1C1CCCCC21. The molecule has 2 heteroatoms. The first-order chi connectivity index (χ1) is 7.36. The van der Waals surface area contributed by atoms with Crippen molar-refractivity contribution in [1.82, 2.24) is 0 Å². The first kappa shape index (κ1) is 9.56. The van der Waals surface area contributed by atoms with E-state index in [1.807, 2.05) is 0 Å². The Balaban J connectivity index is 1.89. The second kappa shape index (κ2) is 3.43. The van der Waals surface area contributed by atoms with Crippen LogP contribution in [-0.2, 0) is 9.59 Å². The number of fused-ring (bicyclic) bond motifs is 5. The fourth-order valence-corrected chi connectivity index (χ4v) is 4.75. The van der Waals surface area contributed by atoms with Crippen LogP contribution in [0.3, 0.4) is 0 Å². The van der Waals surface area contributed by atoms with Crippen LogP contribution in [0.25, 0.3) is 0 Å². The van der Waals surface area contributed by atoms with E-state index in [9.17, 15) is 9.59 Å². The Morgan fingerprint density at radius 1 is 0.733 bits per heavy atom. The van der Waals surface area contributed by atoms with Crippen molar-refractivity contribution < 1.29 is 9.59 Å². The molecule has 0 N–H and O–H groups in total. The lowest BCUT2D eigenvalue weighted by Gasteiger charge is -2.40. The second-order valence-corrected chi connectivity index (χ2v) is 5.60. The summed E-state index contributed by atoms with van der Waals surface area (Å²) >= 11 is 0. The van der Waals surface area contributed by atoms with Gasteiger partial charge in [0.2, 0.25) is 0 Å². The van der Waals surface area contributed by atoms with Gasteiger partial charge in [0.15, 0.2) is 0 Å². The predicted molar refractivity (Wildman–Crippen MR) is 56.2 cm³/mol. The lowest BCUT2D eigenvalue weighted by atomic mass is 9.64. The number of hydrogen-bond donors (Lipinski definition) is 0. The maximum atomic E-state index is 11.1. The van der Waals surface area contributed by atoms with Gasteiger partial charge in [0.1, 0.15) is 12.6 Å². The third kappa shape index (κ3) is 1.17. The molecule has 3 aliphatic rings. The zero-order valence-electron chi connectivity index (χ0n) is 8.97. The molecule has 2 bridgehead atoms. The molecular formula is C13H18O2. The van der Waals surface area contributed by atoms with Crippen LogP contribution >= 0.6 is 0 Å². The van der Waals surface area contributed by atoms with Crippen molar-refractivity contribution in [3.8, 4) is 0 Å². The van der Waals surface area contributed by atoms with E-state index in [-0.39, 0.29) is 11.8 Å². The molecule has 3 rings (SSSR count). The van der Waals surface area contributed by atoms with E-state index in [0.717, 1.165) is 30.8 Å². The van der Waals surface area contributed by atoms with Gasteiger partial charge in [0.05, 0.1) is 0 Å². The lowest BCUT2D eigenvalue weighted by molar-refractivity contribution is -0.124. The van der Waals surface area contributed by atoms with Crippen LogP contribution in [0.4, 0.5) is 0 Å². The zero-order valence-corrected chi connectivity index (χ0v) is 8.97. The van der Waals surface area contributed by atoms with Gasteiger partial charge < -0.3 is 9.59 Å². The summed E-state index contributed by atoms with van der Waals surface area (Å²) in [5, 5.41) is 0. The van der Waals surface area contributed by atoms with Crippen LogP contribution in [0.2, 0.25) is 0 Å². The molecule has 82 valence electrons. The maximum absolute atomic E-state index is 11.1. The Kier molecular flexibility index (Phi) is 2.18. The Morgan fingerprint density at radius 3 is 1.60 bits per heavy atom. The molecular weight excluding hydrogens is 188 g/mol. The molecule has 0 heterocycles. The van der Waals surface area contributed by atoms with Crippen molar-refractivity contribution >= 4 is 12.6 Å². The minimum Gasteiger partial charge on any atom is -0.303 e. The molecule has 0 radical (unpaired) electrons. The highest BCUT2D eigenvalue weighted by Gasteiger charge is 2.57. The highest BCUT2D eigenvalue weighted by atomic mass is 16.1. The molecule has 6 unspecified atom stereocenters. The van der Waals surface area contributed by atoms with E-state index in [0.29, 0.717) is 11.8 Å². The molecule has 6 atom stereocenters. The Labute approximate surface area is 90.4 Å². The van der Waals surface area contributed by atoms with Gasteiger partial charge in [-0.2, -0.15) is 0 Å². The van der Waals surface area contributed by atoms with Gasteiger partial charge in [-0.15, -0.1) is 0 Å². The van der Waals surface area contributed by atoms with Crippen LogP contribution in [0.1, 0.15) is 32.1 Å². The summed E-state index contributed by atoms with van der Waals surface area (Å²) in [6, 6.07) is 0. The first-order valence-corrected chi connectivity index (χ1v) is 6.27. The van der Waals surface area contributed by atoms with Crippen molar-refractivity contribution in [3.63, 3.8) is 0 Å². The van der Waals surface area contributed by atoms with Gasteiger partial charge in [0, 0.05) is 11.8 Å². The van der Waals surface area contributed by atoms with E-state index in [4.69, 9.17) is 0 Å². The molecule has 0 aromatic heterocycles. The summed E-state index contributed by atoms with van der Waals surface area (Å²) in [5.74, 6) is 2.77. The molecule has 3 aliphatic carbocycles. The summed E-state index contributed by atoms with van der Waals surface area (Å²) in [6.07, 6.45) is 8.57. The van der Waals surface area contributed by atoms with Crippen molar-refractivity contribution in [2.75, 3.05) is 0 Å². The van der Waals surface area contributed by atoms with E-state index in [1.54, 1.807) is 0 Å². The van der Waals surface area contributed by atoms with Gasteiger partial charge in [-0.1, -0.05) is 12.8 Å². The van der Waals surface area contributed by atoms with E-state index in [2.05, 4.69) is 0 Å². The van der Waals surface area contributed by atoms with Crippen molar-refractivity contribution in [3.05, 3.63) is 0 Å². The van der Waals surface area contributed by atoms with Crippen molar-refractivity contribution in [1.29, 1.82) is 0 Å². The predicted octanol–water partition coefficient (Wildman–Crippen LogP) is 2.07. The monoisotopic (exact) mass is 206 g/mol. The molecule has 3 saturated carbocycles. The summed E-state index contributed by atoms with van der Waals surface area (Å²) in [5.41, 5.74) is 0. The average molecular weight is 206 g/mol. The van der Waals surface area contributed by atoms with Crippen LogP contribution in [-0.4, -0.2) is 12.6 Å². The fraction of sp³-hybridized carbons (Fsp3) is 0.846. The van der Waals surface area contributed by atoms with Crippen LogP contribution < -0.4 is 0 Å². The Morgan fingerprint density at radius 2 is 1.20 bits per heavy atom. The van der Waals surface area contributed by atoms with Gasteiger partial charge in [-0.3, -0.25) is 0 Å². The average Bonchev–Trinajstić information content (AvgIpc) is 2.84. The Bertz CT molecular complexity index is 258. The zero-order chi connectivity index (χ0) is 10.4. The Hall–Kier alpha value is -0.660. The fourth-order valence-electron chi connectivity index (χ4n) is 4.75. The van der Waals surface area contributed by atoms with Gasteiger partial charge in [0.25, 0.3) is 0 Å². The van der Waals surface area contributed by atoms with Crippen LogP contribution in [0, 0.1) is 35.5 Å². The third-order valence-corrected chi connectivity index (χ3v) is 5.27. The topological polar surface area (TPSA) is 34.1 Å². The highest BCUT2D eigenvalue weighted by Crippen LogP contribution is 2.61. The summed E-state index contributed by atoms with van der Waals surface area (Å²) < 4.78 is 0. The lowest BCUT2D eigenvalue weighted by Crippen LogP contribution is -2.38. The van der Waals surface area contributed by atoms with Crippen molar-refractivity contribution in [2.45, 2.75) is 32.1 Å². The number of aldehydes is 2. The van der Waals surface area contributed by atoms with Gasteiger partial charge in [-0.05, 0) is 42.9 Å². The summed E-state index contributed by atoms with van der Waals surface area (Å²) in [6.45, 7) is 0. The molecule has 0 aliphatic heterocycles. The number of carbonyl (C=O) groups excluding carboxylic acids is 2.